The summed E-state index contributed by atoms with van der Waals surface area (Å²) in [4.78, 5) is 25.2. The van der Waals surface area contributed by atoms with E-state index in [2.05, 4.69) is 0 Å². The predicted octanol–water partition coefficient (Wildman–Crippen LogP) is 2.33. The average Bonchev–Trinajstić information content (AvgIpc) is 2.33. The number of ketones is 1. The summed E-state index contributed by atoms with van der Waals surface area (Å²) in [6.45, 7) is 2.20. The van der Waals surface area contributed by atoms with Gasteiger partial charge in [-0.1, -0.05) is 25.1 Å². The number of anilines is 1. The second-order valence-electron chi connectivity index (χ2n) is 4.40. The number of fused-ring (bicyclic) bond motifs is 1. The summed E-state index contributed by atoms with van der Waals surface area (Å²) in [6, 6.07) is 7.83. The fourth-order valence-electron chi connectivity index (χ4n) is 2.20. The van der Waals surface area contributed by atoms with Crippen LogP contribution in [0.2, 0.25) is 0 Å². The van der Waals surface area contributed by atoms with E-state index in [-0.39, 0.29) is 18.2 Å². The van der Waals surface area contributed by atoms with E-state index in [4.69, 9.17) is 0 Å². The minimum Gasteiger partial charge on any atom is -0.305 e. The van der Waals surface area contributed by atoms with Crippen LogP contribution < -0.4 is 4.90 Å². The van der Waals surface area contributed by atoms with E-state index in [0.717, 1.165) is 24.1 Å². The molecule has 0 atom stereocenters. The van der Waals surface area contributed by atoms with E-state index in [9.17, 15) is 9.59 Å². The molecule has 0 saturated carbocycles. The van der Waals surface area contributed by atoms with E-state index in [0.29, 0.717) is 12.8 Å². The zero-order valence-electron chi connectivity index (χ0n) is 10.1. The van der Waals surface area contributed by atoms with Gasteiger partial charge in [-0.15, -0.1) is 0 Å². The Labute approximate surface area is 101 Å². The van der Waals surface area contributed by atoms with Gasteiger partial charge in [0.05, 0.1) is 6.54 Å². The number of aryl methyl sites for hydroxylation is 1. The van der Waals surface area contributed by atoms with Crippen molar-refractivity contribution in [3.05, 3.63) is 29.8 Å². The highest BCUT2D eigenvalue weighted by Crippen LogP contribution is 2.27. The van der Waals surface area contributed by atoms with Crippen molar-refractivity contribution in [2.75, 3.05) is 11.4 Å². The topological polar surface area (TPSA) is 37.4 Å². The van der Waals surface area contributed by atoms with E-state index in [1.807, 2.05) is 31.2 Å². The van der Waals surface area contributed by atoms with E-state index in [1.165, 1.54) is 0 Å². The number of hydrogen-bond donors (Lipinski definition) is 0. The molecule has 0 fully saturated rings. The van der Waals surface area contributed by atoms with Crippen molar-refractivity contribution in [2.45, 2.75) is 32.6 Å². The first-order valence-corrected chi connectivity index (χ1v) is 6.12. The molecule has 1 aromatic carbocycles. The lowest BCUT2D eigenvalue weighted by Gasteiger charge is -2.28. The molecule has 3 heteroatoms. The van der Waals surface area contributed by atoms with Crippen LogP contribution in [-0.2, 0) is 16.0 Å². The molecule has 0 spiro atoms. The van der Waals surface area contributed by atoms with Gasteiger partial charge in [-0.3, -0.25) is 9.59 Å². The molecule has 1 aliphatic rings. The van der Waals surface area contributed by atoms with Crippen LogP contribution in [0.25, 0.3) is 0 Å². The lowest BCUT2D eigenvalue weighted by molar-refractivity contribution is -0.123. The number of benzene rings is 1. The van der Waals surface area contributed by atoms with Gasteiger partial charge < -0.3 is 4.90 Å². The molecule has 1 aromatic rings. The van der Waals surface area contributed by atoms with Gasteiger partial charge in [0.2, 0.25) is 5.91 Å². The van der Waals surface area contributed by atoms with Gasteiger partial charge in [0.25, 0.3) is 0 Å². The molecule has 0 bridgehead atoms. The van der Waals surface area contributed by atoms with Crippen LogP contribution in [0.1, 0.15) is 31.7 Å². The first kappa shape index (κ1) is 11.8. The quantitative estimate of drug-likeness (QED) is 0.797. The van der Waals surface area contributed by atoms with Gasteiger partial charge in [-0.05, 0) is 24.5 Å². The van der Waals surface area contributed by atoms with E-state index in [1.54, 1.807) is 4.90 Å². The maximum absolute atomic E-state index is 11.9. The molecule has 1 heterocycles. The third-order valence-electron chi connectivity index (χ3n) is 3.05. The maximum atomic E-state index is 11.9. The van der Waals surface area contributed by atoms with E-state index < -0.39 is 0 Å². The summed E-state index contributed by atoms with van der Waals surface area (Å²) >= 11 is 0. The number of para-hydroxylation sites is 1. The summed E-state index contributed by atoms with van der Waals surface area (Å²) in [6.07, 6.45) is 2.68. The average molecular weight is 231 g/mol. The Bertz CT molecular complexity index is 440. The number of Topliss-reactive ketones (excluding diaryl/α,β-unsaturated/α-hetero) is 1. The summed E-state index contributed by atoms with van der Waals surface area (Å²) < 4.78 is 0. The Morgan fingerprint density at radius 3 is 2.82 bits per heavy atom. The Balaban J connectivity index is 2.21. The van der Waals surface area contributed by atoms with Crippen molar-refractivity contribution in [1.29, 1.82) is 0 Å². The van der Waals surface area contributed by atoms with Crippen molar-refractivity contribution >= 4 is 17.4 Å². The highest BCUT2D eigenvalue weighted by Gasteiger charge is 2.24. The van der Waals surface area contributed by atoms with Crippen LogP contribution in [-0.4, -0.2) is 18.2 Å². The molecule has 0 N–H and O–H groups in total. The Hall–Kier alpha value is -1.64. The van der Waals surface area contributed by atoms with Gasteiger partial charge in [0, 0.05) is 18.5 Å². The second-order valence-corrected chi connectivity index (χ2v) is 4.40. The standard InChI is InChI=1S/C14H17NO2/c1-2-5-12(16)10-15-13-7-4-3-6-11(13)8-9-14(15)17/h3-4,6-7H,2,5,8-10H2,1H3. The van der Waals surface area contributed by atoms with Crippen LogP contribution in [0.3, 0.4) is 0 Å². The van der Waals surface area contributed by atoms with Crippen molar-refractivity contribution in [1.82, 2.24) is 0 Å². The summed E-state index contributed by atoms with van der Waals surface area (Å²) in [5.74, 6) is 0.200. The smallest absolute Gasteiger partial charge is 0.227 e. The van der Waals surface area contributed by atoms with Crippen molar-refractivity contribution in [3.63, 3.8) is 0 Å². The number of carbonyl (C=O) groups is 2. The molecule has 3 nitrogen and oxygen atoms in total. The Morgan fingerprint density at radius 2 is 2.06 bits per heavy atom. The molecular weight excluding hydrogens is 214 g/mol. The van der Waals surface area contributed by atoms with Crippen molar-refractivity contribution in [2.24, 2.45) is 0 Å². The van der Waals surface area contributed by atoms with Crippen molar-refractivity contribution in [3.8, 4) is 0 Å². The summed E-state index contributed by atoms with van der Waals surface area (Å²) in [5, 5.41) is 0. The second kappa shape index (κ2) is 5.13. The van der Waals surface area contributed by atoms with Gasteiger partial charge in [0.15, 0.2) is 5.78 Å². The molecular formula is C14H17NO2. The monoisotopic (exact) mass is 231 g/mol. The zero-order chi connectivity index (χ0) is 12.3. The zero-order valence-corrected chi connectivity index (χ0v) is 10.1. The number of amides is 1. The summed E-state index contributed by atoms with van der Waals surface area (Å²) in [5.41, 5.74) is 2.07. The number of carbonyl (C=O) groups excluding carboxylic acids is 2. The number of nitrogens with zero attached hydrogens (tertiary/aromatic N) is 1. The van der Waals surface area contributed by atoms with E-state index >= 15 is 0 Å². The van der Waals surface area contributed by atoms with Crippen LogP contribution >= 0.6 is 0 Å². The Kier molecular flexibility index (Phi) is 3.57. The largest absolute Gasteiger partial charge is 0.305 e. The molecule has 0 aliphatic carbocycles. The third-order valence-corrected chi connectivity index (χ3v) is 3.05. The molecule has 1 aliphatic heterocycles. The molecule has 0 saturated heterocycles. The van der Waals surface area contributed by atoms with Crippen LogP contribution in [0.15, 0.2) is 24.3 Å². The van der Waals surface area contributed by atoms with Gasteiger partial charge in [-0.2, -0.15) is 0 Å². The lowest BCUT2D eigenvalue weighted by Crippen LogP contribution is -2.38. The first-order chi connectivity index (χ1) is 8.22. The van der Waals surface area contributed by atoms with Gasteiger partial charge in [0.1, 0.15) is 0 Å². The highest BCUT2D eigenvalue weighted by molar-refractivity contribution is 6.01. The van der Waals surface area contributed by atoms with Gasteiger partial charge in [-0.25, -0.2) is 0 Å². The third kappa shape index (κ3) is 2.54. The van der Waals surface area contributed by atoms with Gasteiger partial charge >= 0.3 is 0 Å². The molecule has 90 valence electrons. The Morgan fingerprint density at radius 1 is 1.29 bits per heavy atom. The fourth-order valence-corrected chi connectivity index (χ4v) is 2.20. The minimum atomic E-state index is 0.0631. The SMILES string of the molecule is CCCC(=O)CN1C(=O)CCc2ccccc21. The predicted molar refractivity (Wildman–Crippen MR) is 67.0 cm³/mol. The number of rotatable bonds is 4. The number of hydrogen-bond acceptors (Lipinski definition) is 2. The maximum Gasteiger partial charge on any atom is 0.227 e. The molecule has 2 rings (SSSR count). The fraction of sp³-hybridized carbons (Fsp3) is 0.429. The molecule has 0 aromatic heterocycles. The molecule has 17 heavy (non-hydrogen) atoms. The van der Waals surface area contributed by atoms with Crippen LogP contribution in [0.5, 0.6) is 0 Å². The normalized spacial score (nSPS) is 14.6. The molecule has 1 amide bonds. The van der Waals surface area contributed by atoms with Crippen molar-refractivity contribution < 1.29 is 9.59 Å². The first-order valence-electron chi connectivity index (χ1n) is 6.12. The van der Waals surface area contributed by atoms with Crippen LogP contribution in [0, 0.1) is 0 Å². The molecule has 0 unspecified atom stereocenters. The lowest BCUT2D eigenvalue weighted by atomic mass is 10.0. The highest BCUT2D eigenvalue weighted by atomic mass is 16.2. The molecule has 0 radical (unpaired) electrons. The summed E-state index contributed by atoms with van der Waals surface area (Å²) in [7, 11) is 0. The minimum absolute atomic E-state index is 0.0631. The van der Waals surface area contributed by atoms with Crippen LogP contribution in [0.4, 0.5) is 5.69 Å².